The maximum absolute atomic E-state index is 13.4. The van der Waals surface area contributed by atoms with E-state index in [9.17, 15) is 14.0 Å². The molecule has 2 amide bonds. The van der Waals surface area contributed by atoms with Crippen LogP contribution in [0, 0.1) is 5.82 Å². The zero-order chi connectivity index (χ0) is 20.4. The third-order valence-corrected chi connectivity index (χ3v) is 5.01. The second-order valence-electron chi connectivity index (χ2n) is 7.08. The van der Waals surface area contributed by atoms with Crippen LogP contribution in [0.25, 0.3) is 10.9 Å². The molecule has 150 valence electrons. The number of aryl methyl sites for hydroxylation is 1. The molecule has 3 aromatic rings. The number of aromatic nitrogens is 2. The summed E-state index contributed by atoms with van der Waals surface area (Å²) in [5, 5.41) is 0.785. The van der Waals surface area contributed by atoms with E-state index in [1.54, 1.807) is 23.2 Å². The van der Waals surface area contributed by atoms with Crippen LogP contribution in [-0.4, -0.2) is 46.4 Å². The second-order valence-corrected chi connectivity index (χ2v) is 7.08. The van der Waals surface area contributed by atoms with Crippen LogP contribution in [0.15, 0.2) is 42.6 Å². The number of nitrogens with zero attached hydrogens (tertiary/aromatic N) is 2. The molecule has 1 saturated heterocycles. The molecule has 7 nitrogen and oxygen atoms in total. The van der Waals surface area contributed by atoms with Gasteiger partial charge in [-0.25, -0.2) is 4.39 Å². The standard InChI is InChI=1S/C21H21FN4O3/c22-15-4-3-14-9-18(25-17(14)10-15)21(28)26-7-8-29-19(12-26)16-5-1-13(11-24-16)2-6-20(23)27/h1,3-5,9-11,19,25H,2,6-8,12H2,(H2,23,27). The minimum atomic E-state index is -0.352. The molecule has 2 aromatic heterocycles. The Hall–Kier alpha value is -3.26. The lowest BCUT2D eigenvalue weighted by Crippen LogP contribution is -2.42. The van der Waals surface area contributed by atoms with Crippen LogP contribution in [0.3, 0.4) is 0 Å². The number of halogens is 1. The van der Waals surface area contributed by atoms with Gasteiger partial charge < -0.3 is 20.4 Å². The fraction of sp³-hybridized carbons (Fsp3) is 0.286. The van der Waals surface area contributed by atoms with Crippen molar-refractivity contribution in [2.45, 2.75) is 18.9 Å². The zero-order valence-electron chi connectivity index (χ0n) is 15.7. The number of hydrogen-bond acceptors (Lipinski definition) is 4. The van der Waals surface area contributed by atoms with E-state index in [0.717, 1.165) is 16.6 Å². The quantitative estimate of drug-likeness (QED) is 0.691. The molecular weight excluding hydrogens is 375 g/mol. The lowest BCUT2D eigenvalue weighted by atomic mass is 10.1. The number of amides is 2. The molecule has 1 aliphatic rings. The number of fused-ring (bicyclic) bond motifs is 1. The summed E-state index contributed by atoms with van der Waals surface area (Å²) in [5.74, 6) is -0.860. The van der Waals surface area contributed by atoms with E-state index in [2.05, 4.69) is 9.97 Å². The van der Waals surface area contributed by atoms with E-state index in [4.69, 9.17) is 10.5 Å². The normalized spacial score (nSPS) is 16.9. The van der Waals surface area contributed by atoms with Crippen LogP contribution in [-0.2, 0) is 16.0 Å². The number of nitrogens with two attached hydrogens (primary N) is 1. The van der Waals surface area contributed by atoms with E-state index < -0.39 is 0 Å². The van der Waals surface area contributed by atoms with E-state index in [1.165, 1.54) is 12.1 Å². The number of hydrogen-bond donors (Lipinski definition) is 2. The van der Waals surface area contributed by atoms with Crippen LogP contribution >= 0.6 is 0 Å². The lowest BCUT2D eigenvalue weighted by Gasteiger charge is -2.32. The van der Waals surface area contributed by atoms with Gasteiger partial charge >= 0.3 is 0 Å². The van der Waals surface area contributed by atoms with Gasteiger partial charge in [0.1, 0.15) is 17.6 Å². The van der Waals surface area contributed by atoms with Crippen molar-refractivity contribution in [3.05, 3.63) is 65.4 Å². The monoisotopic (exact) mass is 396 g/mol. The number of primary amides is 1. The van der Waals surface area contributed by atoms with Gasteiger partial charge in [-0.05, 0) is 42.3 Å². The highest BCUT2D eigenvalue weighted by molar-refractivity contribution is 5.98. The molecule has 1 fully saturated rings. The number of morpholine rings is 1. The Labute approximate surface area is 166 Å². The maximum Gasteiger partial charge on any atom is 0.270 e. The summed E-state index contributed by atoms with van der Waals surface area (Å²) in [6, 6.07) is 9.85. The average Bonchev–Trinajstić information content (AvgIpc) is 3.15. The van der Waals surface area contributed by atoms with E-state index >= 15 is 0 Å². The molecule has 1 aliphatic heterocycles. The first-order chi connectivity index (χ1) is 14.0. The Balaban J connectivity index is 1.45. The van der Waals surface area contributed by atoms with Gasteiger partial charge in [0.05, 0.1) is 18.8 Å². The van der Waals surface area contributed by atoms with Crippen molar-refractivity contribution >= 4 is 22.7 Å². The van der Waals surface area contributed by atoms with Gasteiger partial charge in [0.25, 0.3) is 5.91 Å². The van der Waals surface area contributed by atoms with Crippen molar-refractivity contribution < 1.29 is 18.7 Å². The third-order valence-electron chi connectivity index (χ3n) is 5.01. The van der Waals surface area contributed by atoms with Gasteiger partial charge in [0.15, 0.2) is 0 Å². The average molecular weight is 396 g/mol. The Morgan fingerprint density at radius 3 is 2.90 bits per heavy atom. The molecule has 1 atom stereocenters. The Kier molecular flexibility index (Phi) is 5.26. The smallest absolute Gasteiger partial charge is 0.270 e. The number of pyridine rings is 1. The van der Waals surface area contributed by atoms with Gasteiger partial charge in [-0.3, -0.25) is 14.6 Å². The fourth-order valence-corrected chi connectivity index (χ4v) is 3.44. The first-order valence-electron chi connectivity index (χ1n) is 9.42. The third kappa shape index (κ3) is 4.27. The van der Waals surface area contributed by atoms with Crippen molar-refractivity contribution in [1.82, 2.24) is 14.9 Å². The number of carbonyl (C=O) groups is 2. The van der Waals surface area contributed by atoms with Crippen molar-refractivity contribution in [3.63, 3.8) is 0 Å². The molecule has 0 saturated carbocycles. The molecule has 0 radical (unpaired) electrons. The van der Waals surface area contributed by atoms with E-state index in [-0.39, 0.29) is 30.2 Å². The molecule has 0 bridgehead atoms. The minimum absolute atomic E-state index is 0.159. The predicted molar refractivity (Wildman–Crippen MR) is 105 cm³/mol. The van der Waals surface area contributed by atoms with E-state index in [1.807, 2.05) is 12.1 Å². The Bertz CT molecular complexity index is 1050. The molecule has 0 aliphatic carbocycles. The van der Waals surface area contributed by atoms with Crippen molar-refractivity contribution in [3.8, 4) is 0 Å². The van der Waals surface area contributed by atoms with Crippen molar-refractivity contribution in [2.75, 3.05) is 19.7 Å². The highest BCUT2D eigenvalue weighted by Crippen LogP contribution is 2.23. The summed E-state index contributed by atoms with van der Waals surface area (Å²) < 4.78 is 19.2. The number of H-pyrrole nitrogens is 1. The van der Waals surface area contributed by atoms with Crippen LogP contribution < -0.4 is 5.73 Å². The largest absolute Gasteiger partial charge is 0.370 e. The summed E-state index contributed by atoms with van der Waals surface area (Å²) in [6.07, 6.45) is 2.19. The summed E-state index contributed by atoms with van der Waals surface area (Å²) in [7, 11) is 0. The first-order valence-corrected chi connectivity index (χ1v) is 9.42. The molecule has 3 heterocycles. The van der Waals surface area contributed by atoms with Gasteiger partial charge in [-0.15, -0.1) is 0 Å². The number of aromatic amines is 1. The predicted octanol–water partition coefficient (Wildman–Crippen LogP) is 2.33. The highest BCUT2D eigenvalue weighted by Gasteiger charge is 2.27. The van der Waals surface area contributed by atoms with Crippen LogP contribution in [0.1, 0.15) is 34.3 Å². The molecule has 1 unspecified atom stereocenters. The van der Waals surface area contributed by atoms with Crippen LogP contribution in [0.2, 0.25) is 0 Å². The first kappa shape index (κ1) is 19.1. The van der Waals surface area contributed by atoms with Gasteiger partial charge in [0.2, 0.25) is 5.91 Å². The topological polar surface area (TPSA) is 101 Å². The fourth-order valence-electron chi connectivity index (χ4n) is 3.44. The van der Waals surface area contributed by atoms with Gasteiger partial charge in [0, 0.05) is 30.1 Å². The second kappa shape index (κ2) is 8.00. The summed E-state index contributed by atoms with van der Waals surface area (Å²) in [5.41, 5.74) is 7.82. The minimum Gasteiger partial charge on any atom is -0.370 e. The molecular formula is C21H21FN4O3. The highest BCUT2D eigenvalue weighted by atomic mass is 19.1. The van der Waals surface area contributed by atoms with Gasteiger partial charge in [-0.1, -0.05) is 6.07 Å². The lowest BCUT2D eigenvalue weighted by molar-refractivity contribution is -0.117. The summed E-state index contributed by atoms with van der Waals surface area (Å²) in [6.45, 7) is 1.24. The van der Waals surface area contributed by atoms with Crippen LogP contribution in [0.4, 0.5) is 4.39 Å². The zero-order valence-corrected chi connectivity index (χ0v) is 15.7. The number of rotatable bonds is 5. The molecule has 1 aromatic carbocycles. The number of benzene rings is 1. The Morgan fingerprint density at radius 2 is 2.14 bits per heavy atom. The molecule has 3 N–H and O–H groups in total. The number of nitrogens with one attached hydrogen (secondary N) is 1. The van der Waals surface area contributed by atoms with E-state index in [0.29, 0.717) is 37.3 Å². The van der Waals surface area contributed by atoms with Crippen LogP contribution in [0.5, 0.6) is 0 Å². The molecule has 4 rings (SSSR count). The maximum atomic E-state index is 13.4. The van der Waals surface area contributed by atoms with Crippen molar-refractivity contribution in [2.24, 2.45) is 5.73 Å². The molecule has 29 heavy (non-hydrogen) atoms. The van der Waals surface area contributed by atoms with Crippen molar-refractivity contribution in [1.29, 1.82) is 0 Å². The molecule has 0 spiro atoms. The number of ether oxygens (including phenoxy) is 1. The summed E-state index contributed by atoms with van der Waals surface area (Å²) >= 11 is 0. The number of carbonyl (C=O) groups excluding carboxylic acids is 2. The summed E-state index contributed by atoms with van der Waals surface area (Å²) in [4.78, 5) is 32.9. The molecule has 8 heteroatoms. The Morgan fingerprint density at radius 1 is 1.28 bits per heavy atom. The van der Waals surface area contributed by atoms with Gasteiger partial charge in [-0.2, -0.15) is 0 Å². The SMILES string of the molecule is NC(=O)CCc1ccc(C2CN(C(=O)c3cc4ccc(F)cc4[nH]3)CCO2)nc1.